The third kappa shape index (κ3) is 3.03. The maximum atomic E-state index is 5.46. The fraction of sp³-hybridized carbons (Fsp3) is 0.467. The Hall–Kier alpha value is -1.42. The molecule has 0 bridgehead atoms. The third-order valence-electron chi connectivity index (χ3n) is 2.62. The summed E-state index contributed by atoms with van der Waals surface area (Å²) in [6.45, 7) is 8.24. The minimum atomic E-state index is 0.375. The van der Waals surface area contributed by atoms with Crippen molar-refractivity contribution in [3.8, 4) is 17.6 Å². The first-order chi connectivity index (χ1) is 7.58. The van der Waals surface area contributed by atoms with Crippen LogP contribution in [0.3, 0.4) is 0 Å². The number of rotatable bonds is 3. The first-order valence-corrected chi connectivity index (χ1v) is 5.64. The fourth-order valence-corrected chi connectivity index (χ4v) is 2.11. The normalized spacial score (nSPS) is 11.6. The molecule has 1 heteroatoms. The van der Waals surface area contributed by atoms with Crippen LogP contribution < -0.4 is 4.74 Å². The van der Waals surface area contributed by atoms with Gasteiger partial charge in [-0.25, -0.2) is 0 Å². The van der Waals surface area contributed by atoms with Gasteiger partial charge in [-0.3, -0.25) is 0 Å². The van der Waals surface area contributed by atoms with Crippen LogP contribution in [0.5, 0.6) is 5.75 Å². The second-order valence-electron chi connectivity index (χ2n) is 4.27. The number of methoxy groups -OCH3 is 1. The van der Waals surface area contributed by atoms with Crippen molar-refractivity contribution >= 4 is 0 Å². The molecule has 1 nitrogen and oxygen atoms in total. The minimum Gasteiger partial charge on any atom is -0.496 e. The predicted octanol–water partition coefficient (Wildman–Crippen LogP) is 3.51. The first-order valence-electron chi connectivity index (χ1n) is 5.64. The van der Waals surface area contributed by atoms with Crippen LogP contribution in [0.4, 0.5) is 0 Å². The van der Waals surface area contributed by atoms with Gasteiger partial charge in [-0.2, -0.15) is 0 Å². The summed E-state index contributed by atoms with van der Waals surface area (Å²) in [6, 6.07) is 4.35. The van der Waals surface area contributed by atoms with E-state index < -0.39 is 0 Å². The summed E-state index contributed by atoms with van der Waals surface area (Å²) in [4.78, 5) is 0. The van der Waals surface area contributed by atoms with Gasteiger partial charge in [-0.05, 0) is 38.3 Å². The summed E-state index contributed by atoms with van der Waals surface area (Å²) in [7, 11) is 1.73. The number of hydrogen-bond acceptors (Lipinski definition) is 1. The molecule has 1 rings (SSSR count). The van der Waals surface area contributed by atoms with Gasteiger partial charge in [0.2, 0.25) is 0 Å². The van der Waals surface area contributed by atoms with Crippen LogP contribution in [0.25, 0.3) is 0 Å². The highest BCUT2D eigenvalue weighted by Gasteiger charge is 2.09. The van der Waals surface area contributed by atoms with Crippen LogP contribution in [0.15, 0.2) is 12.1 Å². The third-order valence-corrected chi connectivity index (χ3v) is 2.62. The largest absolute Gasteiger partial charge is 0.496 e. The molecule has 0 aliphatic heterocycles. The van der Waals surface area contributed by atoms with Crippen molar-refractivity contribution in [2.45, 2.75) is 34.1 Å². The maximum Gasteiger partial charge on any atom is 0.125 e. The summed E-state index contributed by atoms with van der Waals surface area (Å²) in [5, 5.41) is 0. The molecule has 0 N–H and O–H groups in total. The summed E-state index contributed by atoms with van der Waals surface area (Å²) >= 11 is 0. The Morgan fingerprint density at radius 1 is 1.31 bits per heavy atom. The van der Waals surface area contributed by atoms with E-state index in [1.165, 1.54) is 16.7 Å². The Bertz CT molecular complexity index is 421. The highest BCUT2D eigenvalue weighted by Crippen LogP contribution is 2.27. The standard InChI is InChI=1S/C15H20O/c1-6-7-11(2)9-14-10-12(3)8-13(4)15(14)16-5/h8,10-11H,9H2,1-5H3. The van der Waals surface area contributed by atoms with E-state index in [9.17, 15) is 0 Å². The average molecular weight is 216 g/mol. The number of aryl methyl sites for hydroxylation is 2. The lowest BCUT2D eigenvalue weighted by molar-refractivity contribution is 0.405. The van der Waals surface area contributed by atoms with Crippen molar-refractivity contribution in [2.24, 2.45) is 5.92 Å². The van der Waals surface area contributed by atoms with Gasteiger partial charge in [-0.1, -0.05) is 24.6 Å². The van der Waals surface area contributed by atoms with Crippen molar-refractivity contribution in [1.29, 1.82) is 0 Å². The predicted molar refractivity (Wildman–Crippen MR) is 68.8 cm³/mol. The molecule has 0 aliphatic carbocycles. The molecular weight excluding hydrogens is 196 g/mol. The molecule has 0 fully saturated rings. The van der Waals surface area contributed by atoms with Crippen LogP contribution >= 0.6 is 0 Å². The Kier molecular flexibility index (Phi) is 4.43. The van der Waals surface area contributed by atoms with Crippen LogP contribution in [-0.2, 0) is 6.42 Å². The summed E-state index contributed by atoms with van der Waals surface area (Å²) in [5.74, 6) is 7.53. The monoisotopic (exact) mass is 216 g/mol. The molecule has 0 amide bonds. The molecule has 0 aromatic heterocycles. The Labute approximate surface area is 98.8 Å². The lowest BCUT2D eigenvalue weighted by Crippen LogP contribution is -2.01. The van der Waals surface area contributed by atoms with E-state index in [-0.39, 0.29) is 0 Å². The van der Waals surface area contributed by atoms with Crippen molar-refractivity contribution < 1.29 is 4.74 Å². The molecule has 0 saturated heterocycles. The van der Waals surface area contributed by atoms with Crippen LogP contribution in [0, 0.1) is 31.6 Å². The molecule has 1 aromatic carbocycles. The average Bonchev–Trinajstić information content (AvgIpc) is 2.17. The summed E-state index contributed by atoms with van der Waals surface area (Å²) in [5.41, 5.74) is 3.74. The molecule has 1 aromatic rings. The van der Waals surface area contributed by atoms with Crippen molar-refractivity contribution in [2.75, 3.05) is 7.11 Å². The highest BCUT2D eigenvalue weighted by atomic mass is 16.5. The van der Waals surface area contributed by atoms with Gasteiger partial charge in [0.1, 0.15) is 5.75 Å². The zero-order valence-electron chi connectivity index (χ0n) is 10.8. The van der Waals surface area contributed by atoms with E-state index in [4.69, 9.17) is 4.74 Å². The van der Waals surface area contributed by atoms with Crippen molar-refractivity contribution in [3.05, 3.63) is 28.8 Å². The topological polar surface area (TPSA) is 9.23 Å². The number of benzene rings is 1. The molecule has 0 aliphatic rings. The lowest BCUT2D eigenvalue weighted by atomic mass is 9.97. The van der Waals surface area contributed by atoms with E-state index in [2.05, 4.69) is 44.7 Å². The Balaban J connectivity index is 3.05. The van der Waals surface area contributed by atoms with E-state index >= 15 is 0 Å². The Morgan fingerprint density at radius 3 is 2.56 bits per heavy atom. The SMILES string of the molecule is CC#CC(C)Cc1cc(C)cc(C)c1OC. The quantitative estimate of drug-likeness (QED) is 0.702. The van der Waals surface area contributed by atoms with Gasteiger partial charge in [0.15, 0.2) is 0 Å². The van der Waals surface area contributed by atoms with Gasteiger partial charge in [0, 0.05) is 5.92 Å². The van der Waals surface area contributed by atoms with Crippen LogP contribution in [0.1, 0.15) is 30.5 Å². The van der Waals surface area contributed by atoms with E-state index in [1.807, 2.05) is 6.92 Å². The molecule has 0 heterocycles. The van der Waals surface area contributed by atoms with E-state index in [0.717, 1.165) is 12.2 Å². The molecule has 1 unspecified atom stereocenters. The molecule has 0 spiro atoms. The van der Waals surface area contributed by atoms with Gasteiger partial charge < -0.3 is 4.74 Å². The van der Waals surface area contributed by atoms with Crippen molar-refractivity contribution in [3.63, 3.8) is 0 Å². The fourth-order valence-electron chi connectivity index (χ4n) is 2.11. The van der Waals surface area contributed by atoms with Crippen LogP contribution in [0.2, 0.25) is 0 Å². The van der Waals surface area contributed by atoms with Gasteiger partial charge >= 0.3 is 0 Å². The van der Waals surface area contributed by atoms with E-state index in [1.54, 1.807) is 7.11 Å². The first kappa shape index (κ1) is 12.6. The second kappa shape index (κ2) is 5.61. The smallest absolute Gasteiger partial charge is 0.125 e. The maximum absolute atomic E-state index is 5.46. The summed E-state index contributed by atoms with van der Waals surface area (Å²) < 4.78 is 5.46. The molecule has 1 atom stereocenters. The molecule has 86 valence electrons. The molecular formula is C15H20O. The van der Waals surface area contributed by atoms with E-state index in [0.29, 0.717) is 5.92 Å². The second-order valence-corrected chi connectivity index (χ2v) is 4.27. The molecule has 0 saturated carbocycles. The van der Waals surface area contributed by atoms with Gasteiger partial charge in [0.05, 0.1) is 7.11 Å². The Morgan fingerprint density at radius 2 is 2.00 bits per heavy atom. The number of ether oxygens (including phenoxy) is 1. The van der Waals surface area contributed by atoms with Gasteiger partial charge in [-0.15, -0.1) is 11.8 Å². The molecule has 0 radical (unpaired) electrons. The zero-order chi connectivity index (χ0) is 12.1. The minimum absolute atomic E-state index is 0.375. The van der Waals surface area contributed by atoms with Crippen molar-refractivity contribution in [1.82, 2.24) is 0 Å². The zero-order valence-corrected chi connectivity index (χ0v) is 10.8. The van der Waals surface area contributed by atoms with Crippen LogP contribution in [-0.4, -0.2) is 7.11 Å². The number of hydrogen-bond donors (Lipinski definition) is 0. The lowest BCUT2D eigenvalue weighted by Gasteiger charge is -2.14. The van der Waals surface area contributed by atoms with Gasteiger partial charge in [0.25, 0.3) is 0 Å². The summed E-state index contributed by atoms with van der Waals surface area (Å²) in [6.07, 6.45) is 0.951. The highest BCUT2D eigenvalue weighted by molar-refractivity contribution is 5.44. The molecule has 16 heavy (non-hydrogen) atoms.